The molecule has 1 rings (SSSR count). The molecule has 5 nitrogen and oxygen atoms in total. The van der Waals surface area contributed by atoms with Crippen LogP contribution in [0, 0.1) is 13.8 Å². The van der Waals surface area contributed by atoms with Gasteiger partial charge in [-0.05, 0) is 32.3 Å². The summed E-state index contributed by atoms with van der Waals surface area (Å²) in [6.07, 6.45) is 1.55. The minimum Gasteiger partial charge on any atom is -0.356 e. The fourth-order valence-electron chi connectivity index (χ4n) is 2.15. The number of carbonyl (C=O) groups is 2. The van der Waals surface area contributed by atoms with E-state index in [9.17, 15) is 9.59 Å². The van der Waals surface area contributed by atoms with E-state index in [-0.39, 0.29) is 11.9 Å². The van der Waals surface area contributed by atoms with Crippen molar-refractivity contribution >= 4 is 11.9 Å². The number of urea groups is 1. The van der Waals surface area contributed by atoms with Crippen LogP contribution in [0.5, 0.6) is 0 Å². The number of nitrogens with one attached hydrogen (secondary N) is 3. The van der Waals surface area contributed by atoms with E-state index >= 15 is 0 Å². The molecule has 0 fully saturated rings. The highest BCUT2D eigenvalue weighted by molar-refractivity contribution is 5.74. The lowest BCUT2D eigenvalue weighted by Gasteiger charge is -2.09. The van der Waals surface area contributed by atoms with Gasteiger partial charge >= 0.3 is 6.03 Å². The molecule has 0 unspecified atom stereocenters. The molecule has 5 heteroatoms. The second kappa shape index (κ2) is 9.00. The van der Waals surface area contributed by atoms with Crippen LogP contribution in [-0.4, -0.2) is 31.6 Å². The Morgan fingerprint density at radius 3 is 2.10 bits per heavy atom. The molecule has 0 spiro atoms. The smallest absolute Gasteiger partial charge is 0.314 e. The molecule has 0 aliphatic rings. The fraction of sp³-hybridized carbons (Fsp3) is 0.500. The average molecular weight is 291 g/mol. The maximum Gasteiger partial charge on any atom is 0.314 e. The van der Waals surface area contributed by atoms with Crippen molar-refractivity contribution in [1.82, 2.24) is 16.0 Å². The van der Waals surface area contributed by atoms with Crippen LogP contribution in [0.15, 0.2) is 18.2 Å². The number of hydrogen-bond acceptors (Lipinski definition) is 2. The van der Waals surface area contributed by atoms with E-state index < -0.39 is 0 Å². The van der Waals surface area contributed by atoms with Crippen molar-refractivity contribution in [3.63, 3.8) is 0 Å². The van der Waals surface area contributed by atoms with Gasteiger partial charge in [0.25, 0.3) is 0 Å². The van der Waals surface area contributed by atoms with Gasteiger partial charge in [0.05, 0.1) is 0 Å². The Morgan fingerprint density at radius 2 is 1.48 bits per heavy atom. The van der Waals surface area contributed by atoms with Gasteiger partial charge in [0.15, 0.2) is 0 Å². The van der Waals surface area contributed by atoms with E-state index in [1.807, 2.05) is 0 Å². The van der Waals surface area contributed by atoms with Crippen molar-refractivity contribution in [3.8, 4) is 0 Å². The largest absolute Gasteiger partial charge is 0.356 e. The third-order valence-corrected chi connectivity index (χ3v) is 2.99. The number of carbonyl (C=O) groups excluding carboxylic acids is 2. The van der Waals surface area contributed by atoms with Crippen LogP contribution in [0.2, 0.25) is 0 Å². The molecule has 3 N–H and O–H groups in total. The summed E-state index contributed by atoms with van der Waals surface area (Å²) >= 11 is 0. The lowest BCUT2D eigenvalue weighted by atomic mass is 10.1. The summed E-state index contributed by atoms with van der Waals surface area (Å²) in [6, 6.07) is 6.25. The Morgan fingerprint density at radius 1 is 0.905 bits per heavy atom. The van der Waals surface area contributed by atoms with Crippen molar-refractivity contribution in [2.75, 3.05) is 19.6 Å². The predicted octanol–water partition coefficient (Wildman–Crippen LogP) is 1.67. The summed E-state index contributed by atoms with van der Waals surface area (Å²) in [5.41, 5.74) is 3.72. The van der Waals surface area contributed by atoms with Gasteiger partial charge in [0, 0.05) is 26.6 Å². The van der Waals surface area contributed by atoms with E-state index in [1.165, 1.54) is 23.6 Å². The molecular weight excluding hydrogens is 266 g/mol. The predicted molar refractivity (Wildman–Crippen MR) is 84.3 cm³/mol. The Labute approximate surface area is 126 Å². The first-order chi connectivity index (χ1) is 9.97. The van der Waals surface area contributed by atoms with E-state index in [0.717, 1.165) is 12.8 Å². The molecule has 1 aromatic rings. The Balaban J connectivity index is 2.14. The van der Waals surface area contributed by atoms with Gasteiger partial charge in [-0.1, -0.05) is 29.3 Å². The van der Waals surface area contributed by atoms with Crippen LogP contribution in [0.3, 0.4) is 0 Å². The van der Waals surface area contributed by atoms with E-state index in [0.29, 0.717) is 19.6 Å². The normalized spacial score (nSPS) is 10.0. The molecule has 21 heavy (non-hydrogen) atoms. The van der Waals surface area contributed by atoms with Crippen molar-refractivity contribution in [2.45, 2.75) is 33.6 Å². The van der Waals surface area contributed by atoms with Crippen molar-refractivity contribution in [3.05, 3.63) is 34.9 Å². The monoisotopic (exact) mass is 291 g/mol. The molecule has 0 bridgehead atoms. The van der Waals surface area contributed by atoms with Gasteiger partial charge in [0.2, 0.25) is 5.91 Å². The SMILES string of the molecule is CC(=O)NCCCNC(=O)NCCc1cc(C)cc(C)c1. The molecular formula is C16H25N3O2. The standard InChI is InChI=1S/C16H25N3O2/c1-12-9-13(2)11-15(10-12)5-8-19-16(21)18-7-4-6-17-14(3)20/h9-11H,4-8H2,1-3H3,(H,17,20)(H2,18,19,21). The first-order valence-electron chi connectivity index (χ1n) is 7.30. The van der Waals surface area contributed by atoms with E-state index in [4.69, 9.17) is 0 Å². The van der Waals surface area contributed by atoms with Gasteiger partial charge in [-0.2, -0.15) is 0 Å². The van der Waals surface area contributed by atoms with Gasteiger partial charge in [-0.25, -0.2) is 4.79 Å². The van der Waals surface area contributed by atoms with Crippen molar-refractivity contribution in [2.24, 2.45) is 0 Å². The first kappa shape index (κ1) is 17.0. The molecule has 0 saturated carbocycles. The highest BCUT2D eigenvalue weighted by atomic mass is 16.2. The molecule has 0 aromatic heterocycles. The molecule has 0 aliphatic carbocycles. The highest BCUT2D eigenvalue weighted by Crippen LogP contribution is 2.08. The molecule has 0 atom stereocenters. The summed E-state index contributed by atoms with van der Waals surface area (Å²) in [6.45, 7) is 7.37. The molecule has 0 radical (unpaired) electrons. The van der Waals surface area contributed by atoms with Crippen LogP contribution < -0.4 is 16.0 Å². The van der Waals surface area contributed by atoms with Crippen LogP contribution in [0.25, 0.3) is 0 Å². The number of benzene rings is 1. The van der Waals surface area contributed by atoms with Gasteiger partial charge in [-0.15, -0.1) is 0 Å². The first-order valence-corrected chi connectivity index (χ1v) is 7.30. The van der Waals surface area contributed by atoms with E-state index in [1.54, 1.807) is 0 Å². The minimum absolute atomic E-state index is 0.0482. The van der Waals surface area contributed by atoms with Gasteiger partial charge in [-0.3, -0.25) is 4.79 Å². The number of hydrogen-bond donors (Lipinski definition) is 3. The topological polar surface area (TPSA) is 70.2 Å². The van der Waals surface area contributed by atoms with Crippen molar-refractivity contribution < 1.29 is 9.59 Å². The summed E-state index contributed by atoms with van der Waals surface area (Å²) < 4.78 is 0. The quantitative estimate of drug-likeness (QED) is 0.669. The van der Waals surface area contributed by atoms with Gasteiger partial charge < -0.3 is 16.0 Å². The molecule has 0 saturated heterocycles. The molecule has 0 heterocycles. The minimum atomic E-state index is -0.165. The zero-order chi connectivity index (χ0) is 15.7. The Hall–Kier alpha value is -2.04. The van der Waals surface area contributed by atoms with E-state index in [2.05, 4.69) is 48.0 Å². The van der Waals surface area contributed by atoms with Crippen LogP contribution >= 0.6 is 0 Å². The lowest BCUT2D eigenvalue weighted by Crippen LogP contribution is -2.38. The molecule has 3 amide bonds. The zero-order valence-electron chi connectivity index (χ0n) is 13.1. The second-order valence-corrected chi connectivity index (χ2v) is 5.27. The summed E-state index contributed by atoms with van der Waals surface area (Å²) in [7, 11) is 0. The third kappa shape index (κ3) is 7.97. The molecule has 1 aromatic carbocycles. The maximum absolute atomic E-state index is 11.6. The highest BCUT2D eigenvalue weighted by Gasteiger charge is 2.00. The average Bonchev–Trinajstić information content (AvgIpc) is 2.36. The number of aryl methyl sites for hydroxylation is 2. The number of rotatable bonds is 7. The summed E-state index contributed by atoms with van der Waals surface area (Å²) in [5.74, 6) is -0.0482. The molecule has 0 aliphatic heterocycles. The summed E-state index contributed by atoms with van der Waals surface area (Å²) in [5, 5.41) is 8.28. The van der Waals surface area contributed by atoms with Gasteiger partial charge in [0.1, 0.15) is 0 Å². The number of amides is 3. The second-order valence-electron chi connectivity index (χ2n) is 5.27. The van der Waals surface area contributed by atoms with Crippen LogP contribution in [0.4, 0.5) is 4.79 Å². The Bertz CT molecular complexity index is 466. The fourth-order valence-corrected chi connectivity index (χ4v) is 2.15. The lowest BCUT2D eigenvalue weighted by molar-refractivity contribution is -0.118. The summed E-state index contributed by atoms with van der Waals surface area (Å²) in [4.78, 5) is 22.2. The maximum atomic E-state index is 11.6. The Kier molecular flexibility index (Phi) is 7.29. The third-order valence-electron chi connectivity index (χ3n) is 2.99. The van der Waals surface area contributed by atoms with Crippen LogP contribution in [-0.2, 0) is 11.2 Å². The van der Waals surface area contributed by atoms with Crippen molar-refractivity contribution in [1.29, 1.82) is 0 Å². The molecule has 116 valence electrons. The van der Waals surface area contributed by atoms with Crippen LogP contribution in [0.1, 0.15) is 30.0 Å². The zero-order valence-corrected chi connectivity index (χ0v) is 13.1.